The highest BCUT2D eigenvalue weighted by atomic mass is 19.4. The van der Waals surface area contributed by atoms with E-state index in [0.717, 1.165) is 30.2 Å². The predicted molar refractivity (Wildman–Crippen MR) is 72.7 cm³/mol. The first-order chi connectivity index (χ1) is 10.3. The lowest BCUT2D eigenvalue weighted by Crippen LogP contribution is -2.43. The average Bonchev–Trinajstić information content (AvgIpc) is 2.39. The first kappa shape index (κ1) is 16.3. The third-order valence-electron chi connectivity index (χ3n) is 3.72. The van der Waals surface area contributed by atoms with Crippen molar-refractivity contribution < 1.29 is 27.9 Å². The maximum absolute atomic E-state index is 12.7. The second-order valence-corrected chi connectivity index (χ2v) is 5.48. The van der Waals surface area contributed by atoms with Gasteiger partial charge in [0.25, 0.3) is 5.91 Å². The van der Waals surface area contributed by atoms with E-state index >= 15 is 0 Å². The van der Waals surface area contributed by atoms with E-state index in [2.05, 4.69) is 0 Å². The molecule has 1 N–H and O–H groups in total. The van der Waals surface area contributed by atoms with E-state index < -0.39 is 24.6 Å². The molecule has 1 amide bonds. The van der Waals surface area contributed by atoms with Gasteiger partial charge in [0, 0.05) is 12.1 Å². The number of halogens is 3. The quantitative estimate of drug-likeness (QED) is 0.908. The van der Waals surface area contributed by atoms with Gasteiger partial charge >= 0.3 is 12.1 Å². The van der Waals surface area contributed by atoms with Gasteiger partial charge in [0.05, 0.1) is 5.56 Å². The van der Waals surface area contributed by atoms with Crippen molar-refractivity contribution in [3.63, 3.8) is 0 Å². The number of rotatable bonds is 5. The summed E-state index contributed by atoms with van der Waals surface area (Å²) < 4.78 is 38.0. The van der Waals surface area contributed by atoms with Crippen LogP contribution in [0, 0.1) is 5.92 Å². The highest BCUT2D eigenvalue weighted by Gasteiger charge is 2.35. The third kappa shape index (κ3) is 4.22. The zero-order valence-corrected chi connectivity index (χ0v) is 11.8. The second-order valence-electron chi connectivity index (χ2n) is 5.48. The van der Waals surface area contributed by atoms with Gasteiger partial charge in [0.1, 0.15) is 6.54 Å². The van der Waals surface area contributed by atoms with Crippen LogP contribution in [-0.4, -0.2) is 41.1 Å². The molecule has 0 unspecified atom stereocenters. The molecule has 0 heterocycles. The number of hydrogen-bond acceptors (Lipinski definition) is 2. The summed E-state index contributed by atoms with van der Waals surface area (Å²) in [6, 6.07) is 5.08. The van der Waals surface area contributed by atoms with Crippen LogP contribution >= 0.6 is 0 Å². The van der Waals surface area contributed by atoms with E-state index in [4.69, 9.17) is 5.11 Å². The zero-order chi connectivity index (χ0) is 16.3. The number of carboxylic acids is 1. The Labute approximate surface area is 125 Å². The van der Waals surface area contributed by atoms with Crippen molar-refractivity contribution in [3.8, 4) is 0 Å². The molecule has 1 saturated carbocycles. The number of carbonyl (C=O) groups is 2. The van der Waals surface area contributed by atoms with Gasteiger partial charge in [-0.05, 0) is 37.0 Å². The molecule has 1 aromatic carbocycles. The Morgan fingerprint density at radius 1 is 1.23 bits per heavy atom. The highest BCUT2D eigenvalue weighted by Crippen LogP contribution is 2.29. The van der Waals surface area contributed by atoms with Crippen LogP contribution in [0.1, 0.15) is 40.0 Å². The summed E-state index contributed by atoms with van der Waals surface area (Å²) in [7, 11) is 0. The Kier molecular flexibility index (Phi) is 4.73. The topological polar surface area (TPSA) is 57.6 Å². The second kappa shape index (κ2) is 6.37. The molecule has 22 heavy (non-hydrogen) atoms. The standard InChI is InChI=1S/C15H16F3NO3/c16-15(17,18)9-19(8-10-3-1-4-10)13(20)11-5-2-6-12(7-11)14(21)22/h2,5-7,10H,1,3-4,8-9H2,(H,21,22). The van der Waals surface area contributed by atoms with Gasteiger partial charge in [-0.3, -0.25) is 4.79 Å². The van der Waals surface area contributed by atoms with Crippen LogP contribution in [-0.2, 0) is 0 Å². The van der Waals surface area contributed by atoms with Gasteiger partial charge in [-0.15, -0.1) is 0 Å². The van der Waals surface area contributed by atoms with Crippen molar-refractivity contribution >= 4 is 11.9 Å². The van der Waals surface area contributed by atoms with Crippen LogP contribution in [0.25, 0.3) is 0 Å². The Morgan fingerprint density at radius 2 is 1.86 bits per heavy atom. The number of amides is 1. The molecule has 1 fully saturated rings. The van der Waals surface area contributed by atoms with Crippen LogP contribution in [0.4, 0.5) is 13.2 Å². The lowest BCUT2D eigenvalue weighted by Gasteiger charge is -2.33. The van der Waals surface area contributed by atoms with Crippen molar-refractivity contribution in [1.82, 2.24) is 4.90 Å². The lowest BCUT2D eigenvalue weighted by atomic mass is 9.85. The van der Waals surface area contributed by atoms with E-state index in [1.165, 1.54) is 18.2 Å². The van der Waals surface area contributed by atoms with E-state index in [9.17, 15) is 22.8 Å². The molecule has 1 aliphatic carbocycles. The summed E-state index contributed by atoms with van der Waals surface area (Å²) in [4.78, 5) is 24.0. The van der Waals surface area contributed by atoms with Crippen LogP contribution in [0.15, 0.2) is 24.3 Å². The van der Waals surface area contributed by atoms with Crippen molar-refractivity contribution in [2.75, 3.05) is 13.1 Å². The lowest BCUT2D eigenvalue weighted by molar-refractivity contribution is -0.142. The minimum absolute atomic E-state index is 0.0385. The fraction of sp³-hybridized carbons (Fsp3) is 0.467. The highest BCUT2D eigenvalue weighted by molar-refractivity contribution is 5.97. The molecule has 0 aromatic heterocycles. The van der Waals surface area contributed by atoms with Crippen molar-refractivity contribution in [1.29, 1.82) is 0 Å². The number of carboxylic acid groups (broad SMARTS) is 1. The summed E-state index contributed by atoms with van der Waals surface area (Å²) >= 11 is 0. The average molecular weight is 315 g/mol. The van der Waals surface area contributed by atoms with E-state index in [1.54, 1.807) is 0 Å². The molecule has 0 aliphatic heterocycles. The van der Waals surface area contributed by atoms with Crippen LogP contribution in [0.3, 0.4) is 0 Å². The van der Waals surface area contributed by atoms with Gasteiger partial charge < -0.3 is 10.0 Å². The third-order valence-corrected chi connectivity index (χ3v) is 3.72. The van der Waals surface area contributed by atoms with Crippen molar-refractivity contribution in [2.24, 2.45) is 5.92 Å². The van der Waals surface area contributed by atoms with Gasteiger partial charge in [-0.1, -0.05) is 12.5 Å². The maximum Gasteiger partial charge on any atom is 0.406 e. The molecular weight excluding hydrogens is 299 g/mol. The Bertz CT molecular complexity index is 567. The number of benzene rings is 1. The van der Waals surface area contributed by atoms with Crippen LogP contribution in [0.2, 0.25) is 0 Å². The number of hydrogen-bond donors (Lipinski definition) is 1. The summed E-state index contributed by atoms with van der Waals surface area (Å²) in [6.45, 7) is -1.27. The summed E-state index contributed by atoms with van der Waals surface area (Å²) in [5, 5.41) is 8.90. The first-order valence-corrected chi connectivity index (χ1v) is 6.95. The minimum atomic E-state index is -4.48. The molecule has 0 bridgehead atoms. The summed E-state index contributed by atoms with van der Waals surface area (Å²) in [6.07, 6.45) is -1.88. The fourth-order valence-electron chi connectivity index (χ4n) is 2.39. The molecule has 0 spiro atoms. The van der Waals surface area contributed by atoms with Crippen LogP contribution < -0.4 is 0 Å². The maximum atomic E-state index is 12.7. The number of aromatic carboxylic acids is 1. The monoisotopic (exact) mass is 315 g/mol. The molecule has 0 atom stereocenters. The molecule has 1 aliphatic rings. The Hall–Kier alpha value is -2.05. The van der Waals surface area contributed by atoms with E-state index in [0.29, 0.717) is 0 Å². The molecule has 120 valence electrons. The number of alkyl halides is 3. The first-order valence-electron chi connectivity index (χ1n) is 6.95. The van der Waals surface area contributed by atoms with Gasteiger partial charge in [-0.2, -0.15) is 13.2 Å². The smallest absolute Gasteiger partial charge is 0.406 e. The van der Waals surface area contributed by atoms with Gasteiger partial charge in [0.15, 0.2) is 0 Å². The summed E-state index contributed by atoms with van der Waals surface area (Å²) in [5.41, 5.74) is -0.162. The van der Waals surface area contributed by atoms with Gasteiger partial charge in [-0.25, -0.2) is 4.79 Å². The van der Waals surface area contributed by atoms with Gasteiger partial charge in [0.2, 0.25) is 0 Å². The fourth-order valence-corrected chi connectivity index (χ4v) is 2.39. The number of carbonyl (C=O) groups excluding carboxylic acids is 1. The minimum Gasteiger partial charge on any atom is -0.478 e. The van der Waals surface area contributed by atoms with Crippen molar-refractivity contribution in [2.45, 2.75) is 25.4 Å². The molecule has 2 rings (SSSR count). The zero-order valence-electron chi connectivity index (χ0n) is 11.8. The normalized spacial score (nSPS) is 15.2. The Morgan fingerprint density at radius 3 is 2.36 bits per heavy atom. The van der Waals surface area contributed by atoms with Crippen molar-refractivity contribution in [3.05, 3.63) is 35.4 Å². The molecule has 0 radical (unpaired) electrons. The molecule has 0 saturated heterocycles. The largest absolute Gasteiger partial charge is 0.478 e. The molecule has 4 nitrogen and oxygen atoms in total. The Balaban J connectivity index is 2.19. The SMILES string of the molecule is O=C(O)c1cccc(C(=O)N(CC2CCC2)CC(F)(F)F)c1. The molecule has 1 aromatic rings. The molecule has 7 heteroatoms. The predicted octanol–water partition coefficient (Wildman–Crippen LogP) is 3.19. The summed E-state index contributed by atoms with van der Waals surface area (Å²) in [5.74, 6) is -1.92. The molecular formula is C15H16F3NO3. The van der Waals surface area contributed by atoms with E-state index in [1.807, 2.05) is 0 Å². The van der Waals surface area contributed by atoms with Crippen LogP contribution in [0.5, 0.6) is 0 Å². The number of nitrogens with zero attached hydrogens (tertiary/aromatic N) is 1. The van der Waals surface area contributed by atoms with E-state index in [-0.39, 0.29) is 23.6 Å².